The van der Waals surface area contributed by atoms with Gasteiger partial charge < -0.3 is 14.8 Å². The first-order valence-corrected chi connectivity index (χ1v) is 12.3. The fourth-order valence-corrected chi connectivity index (χ4v) is 6.01. The molecular weight excluding hydrogens is 416 g/mol. The molecule has 1 amide bonds. The minimum Gasteiger partial charge on any atom is -0.486 e. The zero-order valence-corrected chi connectivity index (χ0v) is 18.1. The Bertz CT molecular complexity index is 1120. The number of hydrogen-bond donors (Lipinski definition) is 2. The van der Waals surface area contributed by atoms with Gasteiger partial charge in [-0.25, -0.2) is 13.1 Å². The van der Waals surface area contributed by atoms with E-state index in [2.05, 4.69) is 10.0 Å². The largest absolute Gasteiger partial charge is 0.486 e. The van der Waals surface area contributed by atoms with Crippen LogP contribution in [0.4, 0.5) is 5.69 Å². The number of aryl methyl sites for hydroxylation is 1. The minimum absolute atomic E-state index is 0.0381. The number of benzene rings is 2. The number of carbonyl (C=O) groups excluding carboxylic acids is 1. The third kappa shape index (κ3) is 3.90. The Morgan fingerprint density at radius 1 is 0.968 bits per heavy atom. The molecule has 3 aliphatic rings. The molecule has 0 saturated heterocycles. The molecule has 0 spiro atoms. The highest BCUT2D eigenvalue weighted by Gasteiger charge is 2.37. The van der Waals surface area contributed by atoms with Gasteiger partial charge in [-0.05, 0) is 60.7 Å². The number of amides is 1. The molecule has 0 bridgehead atoms. The Hall–Kier alpha value is -2.58. The van der Waals surface area contributed by atoms with Crippen molar-refractivity contribution in [1.82, 2.24) is 4.72 Å². The second-order valence-electron chi connectivity index (χ2n) is 8.54. The molecule has 7 nitrogen and oxygen atoms in total. The van der Waals surface area contributed by atoms with Crippen LogP contribution in [0.25, 0.3) is 0 Å². The van der Waals surface area contributed by atoms with Gasteiger partial charge in [-0.1, -0.05) is 18.9 Å². The molecule has 2 N–H and O–H groups in total. The first-order valence-electron chi connectivity index (χ1n) is 10.8. The van der Waals surface area contributed by atoms with Gasteiger partial charge in [0.1, 0.15) is 13.2 Å². The number of anilines is 1. The van der Waals surface area contributed by atoms with E-state index in [0.717, 1.165) is 48.3 Å². The number of hydrogen-bond acceptors (Lipinski definition) is 5. The second kappa shape index (κ2) is 7.84. The Kier molecular flexibility index (Phi) is 5.14. The average molecular weight is 443 g/mol. The van der Waals surface area contributed by atoms with E-state index in [0.29, 0.717) is 38.3 Å². The van der Waals surface area contributed by atoms with Crippen LogP contribution in [0.3, 0.4) is 0 Å². The first kappa shape index (κ1) is 20.3. The van der Waals surface area contributed by atoms with E-state index in [4.69, 9.17) is 9.47 Å². The van der Waals surface area contributed by atoms with Gasteiger partial charge in [0.15, 0.2) is 11.5 Å². The lowest BCUT2D eigenvalue weighted by molar-refractivity contribution is -0.116. The van der Waals surface area contributed by atoms with E-state index in [1.165, 1.54) is 0 Å². The second-order valence-corrected chi connectivity index (χ2v) is 10.3. The summed E-state index contributed by atoms with van der Waals surface area (Å²) in [7, 11) is -3.68. The van der Waals surface area contributed by atoms with Crippen molar-refractivity contribution < 1.29 is 22.7 Å². The lowest BCUT2D eigenvalue weighted by Crippen LogP contribution is -2.39. The number of fused-ring (bicyclic) bond motifs is 2. The van der Waals surface area contributed by atoms with Crippen LogP contribution in [0, 0.1) is 0 Å². The summed E-state index contributed by atoms with van der Waals surface area (Å²) in [5.41, 5.74) is 2.37. The molecule has 31 heavy (non-hydrogen) atoms. The fraction of sp³-hybridized carbons (Fsp3) is 0.435. The molecule has 8 heteroatoms. The molecule has 164 valence electrons. The van der Waals surface area contributed by atoms with Crippen LogP contribution in [0.2, 0.25) is 0 Å². The van der Waals surface area contributed by atoms with Crippen LogP contribution in [0.5, 0.6) is 11.5 Å². The van der Waals surface area contributed by atoms with E-state index in [1.54, 1.807) is 18.2 Å². The molecule has 0 unspecified atom stereocenters. The van der Waals surface area contributed by atoms with Crippen molar-refractivity contribution in [3.8, 4) is 11.5 Å². The standard InChI is InChI=1S/C23H26N2O5S/c26-22-8-3-16-13-18(5-6-19(16)25-22)31(27,28)24-15-23(9-1-2-10-23)17-4-7-20-21(14-17)30-12-11-29-20/h4-7,13-14,24H,1-3,8-12,15H2,(H,25,26). The summed E-state index contributed by atoms with van der Waals surface area (Å²) in [5.74, 6) is 1.43. The van der Waals surface area contributed by atoms with Crippen molar-refractivity contribution in [2.75, 3.05) is 25.1 Å². The normalized spacial score (nSPS) is 19.5. The van der Waals surface area contributed by atoms with Gasteiger partial charge in [0, 0.05) is 24.1 Å². The summed E-state index contributed by atoms with van der Waals surface area (Å²) in [6.45, 7) is 1.40. The quantitative estimate of drug-likeness (QED) is 0.742. The molecule has 2 aromatic carbocycles. The van der Waals surface area contributed by atoms with E-state index >= 15 is 0 Å². The Morgan fingerprint density at radius 3 is 2.55 bits per heavy atom. The first-order chi connectivity index (χ1) is 15.0. The number of rotatable bonds is 5. The molecule has 0 radical (unpaired) electrons. The molecule has 1 fully saturated rings. The maximum Gasteiger partial charge on any atom is 0.240 e. The summed E-state index contributed by atoms with van der Waals surface area (Å²) in [4.78, 5) is 11.8. The number of nitrogens with one attached hydrogen (secondary N) is 2. The summed E-state index contributed by atoms with van der Waals surface area (Å²) < 4.78 is 40.5. The van der Waals surface area contributed by atoms with Crippen LogP contribution in [-0.4, -0.2) is 34.1 Å². The summed E-state index contributed by atoms with van der Waals surface area (Å²) in [5, 5.41) is 2.79. The van der Waals surface area contributed by atoms with Crippen molar-refractivity contribution in [3.05, 3.63) is 47.5 Å². The summed E-state index contributed by atoms with van der Waals surface area (Å²) >= 11 is 0. The van der Waals surface area contributed by atoms with Crippen LogP contribution in [0.1, 0.15) is 43.2 Å². The number of ether oxygens (including phenoxy) is 2. The van der Waals surface area contributed by atoms with Crippen molar-refractivity contribution in [2.24, 2.45) is 0 Å². The predicted molar refractivity (Wildman–Crippen MR) is 116 cm³/mol. The highest BCUT2D eigenvalue weighted by molar-refractivity contribution is 7.89. The van der Waals surface area contributed by atoms with Crippen molar-refractivity contribution in [3.63, 3.8) is 0 Å². The minimum atomic E-state index is -3.68. The van der Waals surface area contributed by atoms with Gasteiger partial charge in [-0.2, -0.15) is 0 Å². The zero-order chi connectivity index (χ0) is 21.5. The van der Waals surface area contributed by atoms with Gasteiger partial charge in [0.2, 0.25) is 15.9 Å². The molecule has 1 aliphatic carbocycles. The van der Waals surface area contributed by atoms with E-state index < -0.39 is 10.0 Å². The molecule has 0 atom stereocenters. The van der Waals surface area contributed by atoms with Gasteiger partial charge >= 0.3 is 0 Å². The van der Waals surface area contributed by atoms with Crippen molar-refractivity contribution >= 4 is 21.6 Å². The SMILES string of the molecule is O=C1CCc2cc(S(=O)(=O)NCC3(c4ccc5c(c4)OCCO5)CCCC3)ccc2N1. The highest BCUT2D eigenvalue weighted by atomic mass is 32.2. The van der Waals surface area contributed by atoms with Crippen molar-refractivity contribution in [1.29, 1.82) is 0 Å². The summed E-state index contributed by atoms with van der Waals surface area (Å²) in [6.07, 6.45) is 4.89. The molecule has 2 aromatic rings. The predicted octanol–water partition coefficient (Wildman–Crippen LogP) is 3.13. The average Bonchev–Trinajstić information content (AvgIpc) is 3.27. The lowest BCUT2D eigenvalue weighted by atomic mass is 9.79. The smallest absolute Gasteiger partial charge is 0.240 e. The van der Waals surface area contributed by atoms with E-state index in [-0.39, 0.29) is 16.2 Å². The topological polar surface area (TPSA) is 93.7 Å². The Balaban J connectivity index is 1.38. The van der Waals surface area contributed by atoms with Crippen LogP contribution in [-0.2, 0) is 26.7 Å². The summed E-state index contributed by atoms with van der Waals surface area (Å²) in [6, 6.07) is 10.9. The molecule has 1 saturated carbocycles. The maximum atomic E-state index is 13.1. The monoisotopic (exact) mass is 442 g/mol. The molecular formula is C23H26N2O5S. The van der Waals surface area contributed by atoms with E-state index in [1.807, 2.05) is 18.2 Å². The zero-order valence-electron chi connectivity index (χ0n) is 17.3. The maximum absolute atomic E-state index is 13.1. The van der Waals surface area contributed by atoms with Gasteiger partial charge in [0.25, 0.3) is 0 Å². The van der Waals surface area contributed by atoms with Crippen LogP contribution >= 0.6 is 0 Å². The third-order valence-electron chi connectivity index (χ3n) is 6.60. The fourth-order valence-electron chi connectivity index (χ4n) is 4.84. The van der Waals surface area contributed by atoms with E-state index in [9.17, 15) is 13.2 Å². The van der Waals surface area contributed by atoms with Crippen LogP contribution < -0.4 is 19.5 Å². The number of sulfonamides is 1. The van der Waals surface area contributed by atoms with Gasteiger partial charge in [-0.3, -0.25) is 4.79 Å². The molecule has 5 rings (SSSR count). The Morgan fingerprint density at radius 2 is 1.74 bits per heavy atom. The Labute approximate surface area is 182 Å². The number of carbonyl (C=O) groups is 1. The van der Waals surface area contributed by atoms with Gasteiger partial charge in [-0.15, -0.1) is 0 Å². The van der Waals surface area contributed by atoms with Gasteiger partial charge in [0.05, 0.1) is 4.90 Å². The lowest BCUT2D eigenvalue weighted by Gasteiger charge is -2.31. The molecule has 0 aromatic heterocycles. The van der Waals surface area contributed by atoms with Crippen LogP contribution in [0.15, 0.2) is 41.3 Å². The molecule has 2 aliphatic heterocycles. The third-order valence-corrected chi connectivity index (χ3v) is 8.00. The molecule has 2 heterocycles. The highest BCUT2D eigenvalue weighted by Crippen LogP contribution is 2.44. The van der Waals surface area contributed by atoms with Crippen molar-refractivity contribution in [2.45, 2.75) is 48.8 Å².